The predicted octanol–water partition coefficient (Wildman–Crippen LogP) is 2.06. The molecule has 0 saturated carbocycles. The van der Waals surface area contributed by atoms with Crippen molar-refractivity contribution in [1.29, 1.82) is 0 Å². The number of amides is 1. The summed E-state index contributed by atoms with van der Waals surface area (Å²) in [5.41, 5.74) is 1.10. The number of hydrogen-bond acceptors (Lipinski definition) is 4. The van der Waals surface area contributed by atoms with Crippen LogP contribution in [0, 0.1) is 5.92 Å². The maximum absolute atomic E-state index is 11.0. The predicted molar refractivity (Wildman–Crippen MR) is 90.7 cm³/mol. The zero-order valence-electron chi connectivity index (χ0n) is 13.7. The van der Waals surface area contributed by atoms with E-state index in [0.717, 1.165) is 25.1 Å². The fourth-order valence-corrected chi connectivity index (χ4v) is 3.13. The monoisotopic (exact) mass is 340 g/mol. The van der Waals surface area contributed by atoms with Crippen molar-refractivity contribution in [3.05, 3.63) is 28.8 Å². The summed E-state index contributed by atoms with van der Waals surface area (Å²) in [7, 11) is 0. The number of hydrogen-bond donors (Lipinski definition) is 2. The summed E-state index contributed by atoms with van der Waals surface area (Å²) in [5, 5.41) is 13.7. The molecule has 1 heterocycles. The molecule has 1 aliphatic heterocycles. The maximum Gasteiger partial charge on any atom is 0.216 e. The van der Waals surface area contributed by atoms with E-state index >= 15 is 0 Å². The summed E-state index contributed by atoms with van der Waals surface area (Å²) >= 11 is 6.22. The van der Waals surface area contributed by atoms with Gasteiger partial charge in [-0.2, -0.15) is 0 Å². The minimum absolute atomic E-state index is 0.0522. The van der Waals surface area contributed by atoms with Crippen LogP contribution in [0.2, 0.25) is 5.02 Å². The summed E-state index contributed by atoms with van der Waals surface area (Å²) in [4.78, 5) is 13.2. The highest BCUT2D eigenvalue weighted by Crippen LogP contribution is 2.27. The van der Waals surface area contributed by atoms with Crippen molar-refractivity contribution in [2.45, 2.75) is 32.9 Å². The van der Waals surface area contributed by atoms with E-state index in [1.165, 1.54) is 6.92 Å². The number of likely N-dealkylation sites (tertiary alicyclic amines) is 1. The molecule has 0 bridgehead atoms. The molecule has 23 heavy (non-hydrogen) atoms. The van der Waals surface area contributed by atoms with Crippen LogP contribution in [-0.4, -0.2) is 48.3 Å². The van der Waals surface area contributed by atoms with Crippen LogP contribution in [0.5, 0.6) is 5.75 Å². The van der Waals surface area contributed by atoms with Crippen LogP contribution in [0.25, 0.3) is 0 Å². The minimum atomic E-state index is -0.422. The Bertz CT molecular complexity index is 539. The highest BCUT2D eigenvalue weighted by Gasteiger charge is 2.27. The van der Waals surface area contributed by atoms with Gasteiger partial charge in [-0.15, -0.1) is 0 Å². The van der Waals surface area contributed by atoms with E-state index in [2.05, 4.69) is 10.2 Å². The van der Waals surface area contributed by atoms with Gasteiger partial charge >= 0.3 is 0 Å². The van der Waals surface area contributed by atoms with Gasteiger partial charge < -0.3 is 15.2 Å². The molecule has 0 aliphatic carbocycles. The van der Waals surface area contributed by atoms with Crippen molar-refractivity contribution in [2.75, 3.05) is 26.2 Å². The molecule has 1 amide bonds. The standard InChI is InChI=1S/C17H25ClN2O3/c1-3-23-17-5-4-13(8-15(17)18)10-20-7-6-14(16(22)11-20)9-19-12(2)21/h4-5,8,14,16,22H,3,6-7,9-11H2,1-2H3,(H,19,21)/t14-,16+/m0/s1. The number of aliphatic hydroxyl groups excluding tert-OH is 1. The van der Waals surface area contributed by atoms with Gasteiger partial charge in [-0.1, -0.05) is 17.7 Å². The quantitative estimate of drug-likeness (QED) is 0.832. The van der Waals surface area contributed by atoms with E-state index in [1.807, 2.05) is 25.1 Å². The highest BCUT2D eigenvalue weighted by molar-refractivity contribution is 6.32. The number of ether oxygens (including phenoxy) is 1. The van der Waals surface area contributed by atoms with E-state index in [9.17, 15) is 9.90 Å². The number of β-amino-alcohol motifs (C(OH)–C–C–N with tert-alkyl or cyclic N) is 1. The summed E-state index contributed by atoms with van der Waals surface area (Å²) in [5.74, 6) is 0.773. The van der Waals surface area contributed by atoms with Crippen molar-refractivity contribution in [2.24, 2.45) is 5.92 Å². The number of nitrogens with zero attached hydrogens (tertiary/aromatic N) is 1. The largest absolute Gasteiger partial charge is 0.492 e. The van der Waals surface area contributed by atoms with Gasteiger partial charge in [-0.25, -0.2) is 0 Å². The SMILES string of the molecule is CCOc1ccc(CN2CC[C@@H](CNC(C)=O)[C@H](O)C2)cc1Cl. The molecule has 1 saturated heterocycles. The van der Waals surface area contributed by atoms with Crippen LogP contribution in [0.15, 0.2) is 18.2 Å². The molecule has 6 heteroatoms. The maximum atomic E-state index is 11.0. The van der Waals surface area contributed by atoms with Crippen LogP contribution >= 0.6 is 11.6 Å². The van der Waals surface area contributed by atoms with Gasteiger partial charge in [0.05, 0.1) is 17.7 Å². The van der Waals surface area contributed by atoms with E-state index in [-0.39, 0.29) is 11.8 Å². The van der Waals surface area contributed by atoms with Crippen molar-refractivity contribution < 1.29 is 14.6 Å². The molecule has 1 fully saturated rings. The number of aliphatic hydroxyl groups is 1. The molecular weight excluding hydrogens is 316 g/mol. The molecule has 0 aromatic heterocycles. The first kappa shape index (κ1) is 18.0. The Morgan fingerprint density at radius 1 is 1.52 bits per heavy atom. The third-order valence-corrected chi connectivity index (χ3v) is 4.42. The summed E-state index contributed by atoms with van der Waals surface area (Å²) in [6, 6.07) is 5.82. The number of nitrogens with one attached hydrogen (secondary N) is 1. The van der Waals surface area contributed by atoms with Gasteiger partial charge in [-0.05, 0) is 37.6 Å². The molecule has 2 N–H and O–H groups in total. The number of carbonyl (C=O) groups is 1. The Kier molecular flexibility index (Phi) is 6.69. The van der Waals surface area contributed by atoms with Gasteiger partial charge in [-0.3, -0.25) is 9.69 Å². The summed E-state index contributed by atoms with van der Waals surface area (Å²) in [6.07, 6.45) is 0.445. The average molecular weight is 341 g/mol. The van der Waals surface area contributed by atoms with E-state index in [1.54, 1.807) is 0 Å². The Hall–Kier alpha value is -1.30. The highest BCUT2D eigenvalue weighted by atomic mass is 35.5. The van der Waals surface area contributed by atoms with Gasteiger partial charge in [0.25, 0.3) is 0 Å². The molecule has 0 unspecified atom stereocenters. The molecule has 1 aromatic rings. The molecule has 2 atom stereocenters. The zero-order valence-corrected chi connectivity index (χ0v) is 14.5. The average Bonchev–Trinajstić information content (AvgIpc) is 2.49. The van der Waals surface area contributed by atoms with Gasteiger partial charge in [0.15, 0.2) is 0 Å². The third-order valence-electron chi connectivity index (χ3n) is 4.12. The lowest BCUT2D eigenvalue weighted by Crippen LogP contribution is -2.47. The minimum Gasteiger partial charge on any atom is -0.492 e. The molecule has 5 nitrogen and oxygen atoms in total. The second kappa shape index (κ2) is 8.52. The summed E-state index contributed by atoms with van der Waals surface area (Å²) < 4.78 is 5.44. The normalized spacial score (nSPS) is 21.9. The van der Waals surface area contributed by atoms with Gasteiger partial charge in [0, 0.05) is 32.5 Å². The molecule has 128 valence electrons. The topological polar surface area (TPSA) is 61.8 Å². The first-order valence-corrected chi connectivity index (χ1v) is 8.43. The lowest BCUT2D eigenvalue weighted by molar-refractivity contribution is -0.119. The first-order chi connectivity index (χ1) is 11.0. The molecule has 0 spiro atoms. The number of carbonyl (C=O) groups excluding carboxylic acids is 1. The van der Waals surface area contributed by atoms with Gasteiger partial charge in [0.2, 0.25) is 5.91 Å². The zero-order chi connectivity index (χ0) is 16.8. The second-order valence-corrected chi connectivity index (χ2v) is 6.39. The Morgan fingerprint density at radius 3 is 2.91 bits per heavy atom. The summed E-state index contributed by atoms with van der Waals surface area (Å²) in [6.45, 7) is 6.80. The number of benzene rings is 1. The van der Waals surface area contributed by atoms with Crippen LogP contribution in [0.3, 0.4) is 0 Å². The van der Waals surface area contributed by atoms with Crippen LogP contribution in [0.4, 0.5) is 0 Å². The molecule has 1 aromatic carbocycles. The van der Waals surface area contributed by atoms with Gasteiger partial charge in [0.1, 0.15) is 5.75 Å². The lowest BCUT2D eigenvalue weighted by Gasteiger charge is -2.36. The van der Waals surface area contributed by atoms with Crippen molar-refractivity contribution >= 4 is 17.5 Å². The van der Waals surface area contributed by atoms with Crippen molar-refractivity contribution in [3.8, 4) is 5.75 Å². The first-order valence-electron chi connectivity index (χ1n) is 8.05. The van der Waals surface area contributed by atoms with Crippen LogP contribution < -0.4 is 10.1 Å². The molecule has 1 aliphatic rings. The van der Waals surface area contributed by atoms with E-state index in [4.69, 9.17) is 16.3 Å². The van der Waals surface area contributed by atoms with Crippen LogP contribution in [-0.2, 0) is 11.3 Å². The van der Waals surface area contributed by atoms with Crippen molar-refractivity contribution in [3.63, 3.8) is 0 Å². The van der Waals surface area contributed by atoms with E-state index in [0.29, 0.717) is 30.5 Å². The molecule has 2 rings (SSSR count). The Labute approximate surface area is 142 Å². The fourth-order valence-electron chi connectivity index (χ4n) is 2.88. The number of halogens is 1. The van der Waals surface area contributed by atoms with E-state index < -0.39 is 6.10 Å². The Morgan fingerprint density at radius 2 is 2.30 bits per heavy atom. The smallest absolute Gasteiger partial charge is 0.216 e. The molecule has 0 radical (unpaired) electrons. The Balaban J connectivity index is 1.87. The fraction of sp³-hybridized carbons (Fsp3) is 0.588. The second-order valence-electron chi connectivity index (χ2n) is 5.99. The number of piperidine rings is 1. The molecular formula is C17H25ClN2O3. The lowest BCUT2D eigenvalue weighted by atomic mass is 9.93. The third kappa shape index (κ3) is 5.37. The van der Waals surface area contributed by atoms with Crippen LogP contribution in [0.1, 0.15) is 25.8 Å². The van der Waals surface area contributed by atoms with Crippen molar-refractivity contribution in [1.82, 2.24) is 10.2 Å². The number of rotatable bonds is 6.